The van der Waals surface area contributed by atoms with Gasteiger partial charge in [0.05, 0.1) is 6.54 Å². The van der Waals surface area contributed by atoms with Gasteiger partial charge in [0.15, 0.2) is 0 Å². The Balaban J connectivity index is 1.78. The van der Waals surface area contributed by atoms with Gasteiger partial charge in [-0.15, -0.1) is 10.2 Å². The first-order valence-electron chi connectivity index (χ1n) is 6.86. The molecule has 4 nitrogen and oxygen atoms in total. The van der Waals surface area contributed by atoms with Gasteiger partial charge in [-0.3, -0.25) is 0 Å². The second kappa shape index (κ2) is 6.54. The predicted octanol–water partition coefficient (Wildman–Crippen LogP) is 3.05. The standard InChI is InChI=1S/C16H16N4S/c21-12-15(13-7-3-1-4-8-13)11-20-18-16(17-19-20)14-9-5-2-6-10-14/h1-10,15,21H,11-12H2. The van der Waals surface area contributed by atoms with Gasteiger partial charge in [0.1, 0.15) is 0 Å². The fraction of sp³-hybridized carbons (Fsp3) is 0.188. The van der Waals surface area contributed by atoms with E-state index in [-0.39, 0.29) is 5.92 Å². The fourth-order valence-electron chi connectivity index (χ4n) is 2.21. The molecule has 3 aromatic rings. The lowest BCUT2D eigenvalue weighted by molar-refractivity contribution is 0.478. The van der Waals surface area contributed by atoms with Crippen LogP contribution in [0, 0.1) is 0 Å². The van der Waals surface area contributed by atoms with Gasteiger partial charge >= 0.3 is 0 Å². The molecule has 0 saturated carbocycles. The molecule has 1 heterocycles. The van der Waals surface area contributed by atoms with E-state index in [0.29, 0.717) is 12.4 Å². The van der Waals surface area contributed by atoms with Crippen LogP contribution in [0.1, 0.15) is 11.5 Å². The largest absolute Gasteiger partial charge is 0.204 e. The van der Waals surface area contributed by atoms with E-state index in [4.69, 9.17) is 0 Å². The highest BCUT2D eigenvalue weighted by Crippen LogP contribution is 2.19. The Bertz CT molecular complexity index is 682. The summed E-state index contributed by atoms with van der Waals surface area (Å²) in [5.41, 5.74) is 2.22. The number of tetrazole rings is 1. The molecule has 0 saturated heterocycles. The molecule has 2 aromatic carbocycles. The van der Waals surface area contributed by atoms with E-state index in [0.717, 1.165) is 11.3 Å². The molecule has 0 radical (unpaired) electrons. The van der Waals surface area contributed by atoms with Gasteiger partial charge in [0, 0.05) is 11.5 Å². The Hall–Kier alpha value is -2.14. The molecule has 0 N–H and O–H groups in total. The Labute approximate surface area is 129 Å². The summed E-state index contributed by atoms with van der Waals surface area (Å²) in [5, 5.41) is 12.7. The lowest BCUT2D eigenvalue weighted by Crippen LogP contribution is -2.13. The average molecular weight is 296 g/mol. The predicted molar refractivity (Wildman–Crippen MR) is 86.3 cm³/mol. The Morgan fingerprint density at radius 3 is 2.29 bits per heavy atom. The van der Waals surface area contributed by atoms with Gasteiger partial charge in [-0.25, -0.2) is 0 Å². The summed E-state index contributed by atoms with van der Waals surface area (Å²) in [4.78, 5) is 1.65. The number of benzene rings is 2. The Morgan fingerprint density at radius 1 is 0.952 bits per heavy atom. The van der Waals surface area contributed by atoms with Crippen LogP contribution in [-0.2, 0) is 6.54 Å². The maximum absolute atomic E-state index is 4.45. The van der Waals surface area contributed by atoms with Gasteiger partial charge in [0.25, 0.3) is 0 Å². The number of nitrogens with zero attached hydrogens (tertiary/aromatic N) is 4. The SMILES string of the molecule is SCC(Cn1nnc(-c2ccccc2)n1)c1ccccc1. The van der Waals surface area contributed by atoms with Crippen molar-refractivity contribution in [3.8, 4) is 11.4 Å². The maximum atomic E-state index is 4.45. The van der Waals surface area contributed by atoms with Crippen molar-refractivity contribution in [2.45, 2.75) is 12.5 Å². The van der Waals surface area contributed by atoms with Gasteiger partial charge in [-0.1, -0.05) is 60.7 Å². The summed E-state index contributed by atoms with van der Waals surface area (Å²) in [6.45, 7) is 0.674. The molecule has 0 aliphatic rings. The number of aromatic nitrogens is 4. The molecule has 1 unspecified atom stereocenters. The second-order valence-electron chi connectivity index (χ2n) is 4.82. The first-order valence-corrected chi connectivity index (χ1v) is 7.49. The molecule has 1 atom stereocenters. The van der Waals surface area contributed by atoms with Crippen LogP contribution in [0.4, 0.5) is 0 Å². The second-order valence-corrected chi connectivity index (χ2v) is 5.19. The van der Waals surface area contributed by atoms with E-state index >= 15 is 0 Å². The van der Waals surface area contributed by atoms with Crippen LogP contribution >= 0.6 is 12.6 Å². The van der Waals surface area contributed by atoms with Crippen LogP contribution < -0.4 is 0 Å². The molecule has 0 bridgehead atoms. The van der Waals surface area contributed by atoms with Crippen LogP contribution in [0.2, 0.25) is 0 Å². The third-order valence-electron chi connectivity index (χ3n) is 3.36. The van der Waals surface area contributed by atoms with Crippen molar-refractivity contribution in [1.82, 2.24) is 20.2 Å². The normalized spacial score (nSPS) is 12.2. The van der Waals surface area contributed by atoms with Gasteiger partial charge in [0.2, 0.25) is 5.82 Å². The van der Waals surface area contributed by atoms with Crippen LogP contribution in [0.15, 0.2) is 60.7 Å². The van der Waals surface area contributed by atoms with Crippen LogP contribution in [0.5, 0.6) is 0 Å². The van der Waals surface area contributed by atoms with Crippen LogP contribution in [0.3, 0.4) is 0 Å². The molecule has 5 heteroatoms. The molecule has 1 aromatic heterocycles. The third-order valence-corrected chi connectivity index (χ3v) is 3.80. The molecule has 0 aliphatic carbocycles. The van der Waals surface area contributed by atoms with Gasteiger partial charge < -0.3 is 0 Å². The van der Waals surface area contributed by atoms with Crippen LogP contribution in [-0.4, -0.2) is 26.0 Å². The molecule has 3 rings (SSSR count). The summed E-state index contributed by atoms with van der Waals surface area (Å²) >= 11 is 4.44. The number of hydrogen-bond acceptors (Lipinski definition) is 4. The highest BCUT2D eigenvalue weighted by Gasteiger charge is 2.13. The van der Waals surface area contributed by atoms with Crippen molar-refractivity contribution in [2.24, 2.45) is 0 Å². The number of rotatable bonds is 5. The molecule has 21 heavy (non-hydrogen) atoms. The Morgan fingerprint density at radius 2 is 1.62 bits per heavy atom. The lowest BCUT2D eigenvalue weighted by Gasteiger charge is -2.13. The van der Waals surface area contributed by atoms with Crippen molar-refractivity contribution in [1.29, 1.82) is 0 Å². The van der Waals surface area contributed by atoms with Crippen molar-refractivity contribution < 1.29 is 0 Å². The Kier molecular flexibility index (Phi) is 4.31. The first-order chi connectivity index (χ1) is 10.4. The zero-order valence-corrected chi connectivity index (χ0v) is 12.4. The molecule has 0 amide bonds. The summed E-state index contributed by atoms with van der Waals surface area (Å²) in [6, 6.07) is 20.2. The van der Waals surface area contributed by atoms with E-state index in [1.165, 1.54) is 5.56 Å². The third kappa shape index (κ3) is 3.31. The highest BCUT2D eigenvalue weighted by molar-refractivity contribution is 7.80. The summed E-state index contributed by atoms with van der Waals surface area (Å²) < 4.78 is 0. The first kappa shape index (κ1) is 13.8. The molecule has 106 valence electrons. The smallest absolute Gasteiger partial charge is 0.179 e. The minimum atomic E-state index is 0.271. The summed E-state index contributed by atoms with van der Waals surface area (Å²) in [5.74, 6) is 1.67. The van der Waals surface area contributed by atoms with E-state index in [1.54, 1.807) is 4.80 Å². The van der Waals surface area contributed by atoms with E-state index in [2.05, 4.69) is 40.2 Å². The number of hydrogen-bond donors (Lipinski definition) is 1. The molecule has 0 fully saturated rings. The van der Waals surface area contributed by atoms with Crippen molar-refractivity contribution in [3.05, 3.63) is 66.2 Å². The summed E-state index contributed by atoms with van der Waals surface area (Å²) in [6.07, 6.45) is 0. The highest BCUT2D eigenvalue weighted by atomic mass is 32.1. The molecular formula is C16H16N4S. The van der Waals surface area contributed by atoms with E-state index in [9.17, 15) is 0 Å². The van der Waals surface area contributed by atoms with E-state index < -0.39 is 0 Å². The lowest BCUT2D eigenvalue weighted by atomic mass is 10.0. The van der Waals surface area contributed by atoms with Crippen LogP contribution in [0.25, 0.3) is 11.4 Å². The molecule has 0 spiro atoms. The number of thiol groups is 1. The summed E-state index contributed by atoms with van der Waals surface area (Å²) in [7, 11) is 0. The van der Waals surface area contributed by atoms with E-state index in [1.807, 2.05) is 48.5 Å². The fourth-order valence-corrected chi connectivity index (χ4v) is 2.54. The quantitative estimate of drug-likeness (QED) is 0.736. The van der Waals surface area contributed by atoms with Gasteiger partial charge in [-0.2, -0.15) is 17.4 Å². The maximum Gasteiger partial charge on any atom is 0.204 e. The molecule has 0 aliphatic heterocycles. The van der Waals surface area contributed by atoms with Crippen molar-refractivity contribution in [2.75, 3.05) is 5.75 Å². The minimum Gasteiger partial charge on any atom is -0.179 e. The zero-order valence-electron chi connectivity index (χ0n) is 11.5. The van der Waals surface area contributed by atoms with Gasteiger partial charge in [-0.05, 0) is 16.5 Å². The van der Waals surface area contributed by atoms with Crippen molar-refractivity contribution in [3.63, 3.8) is 0 Å². The zero-order chi connectivity index (χ0) is 14.5. The average Bonchev–Trinajstić information content (AvgIpc) is 3.03. The minimum absolute atomic E-state index is 0.271. The monoisotopic (exact) mass is 296 g/mol. The van der Waals surface area contributed by atoms with Crippen molar-refractivity contribution >= 4 is 12.6 Å². The molecular weight excluding hydrogens is 280 g/mol. The topological polar surface area (TPSA) is 43.6 Å².